The van der Waals surface area contributed by atoms with Gasteiger partial charge in [0.15, 0.2) is 15.0 Å². The number of amides is 1. The Morgan fingerprint density at radius 1 is 1.57 bits per heavy atom. The number of rotatable bonds is 6. The molecule has 2 heterocycles. The summed E-state index contributed by atoms with van der Waals surface area (Å²) in [6, 6.07) is 1.02. The van der Waals surface area contributed by atoms with Gasteiger partial charge in [-0.2, -0.15) is 0 Å². The van der Waals surface area contributed by atoms with Gasteiger partial charge in [0, 0.05) is 24.3 Å². The second-order valence-electron chi connectivity index (χ2n) is 5.64. The topological polar surface area (TPSA) is 100 Å². The number of nitrogens with one attached hydrogen (secondary N) is 1. The third-order valence-corrected chi connectivity index (χ3v) is 6.56. The van der Waals surface area contributed by atoms with Crippen molar-refractivity contribution >= 4 is 27.5 Å². The highest BCUT2D eigenvalue weighted by molar-refractivity contribution is 7.99. The number of thioether (sulfide) groups is 1. The van der Waals surface area contributed by atoms with Gasteiger partial charge >= 0.3 is 0 Å². The normalized spacial score (nSPS) is 21.0. The van der Waals surface area contributed by atoms with Crippen molar-refractivity contribution in [1.29, 1.82) is 0 Å². The summed E-state index contributed by atoms with van der Waals surface area (Å²) in [5.41, 5.74) is -0.268. The van der Waals surface area contributed by atoms with Crippen LogP contribution in [0.2, 0.25) is 0 Å². The van der Waals surface area contributed by atoms with Crippen LogP contribution in [0.15, 0.2) is 22.2 Å². The van der Waals surface area contributed by atoms with Gasteiger partial charge in [0.25, 0.3) is 5.56 Å². The van der Waals surface area contributed by atoms with Gasteiger partial charge in [-0.1, -0.05) is 18.7 Å². The molecule has 0 radical (unpaired) electrons. The highest BCUT2D eigenvalue weighted by Gasteiger charge is 2.36. The van der Waals surface area contributed by atoms with Crippen molar-refractivity contribution in [3.8, 4) is 0 Å². The molecular formula is C14H21N3O4S2. The van der Waals surface area contributed by atoms with Gasteiger partial charge in [0.1, 0.15) is 0 Å². The summed E-state index contributed by atoms with van der Waals surface area (Å²) in [6.45, 7) is 3.90. The maximum Gasteiger partial charge on any atom is 0.251 e. The second kappa shape index (κ2) is 7.48. The van der Waals surface area contributed by atoms with Crippen molar-refractivity contribution < 1.29 is 13.2 Å². The van der Waals surface area contributed by atoms with E-state index in [0.29, 0.717) is 11.6 Å². The smallest absolute Gasteiger partial charge is 0.251 e. The highest BCUT2D eigenvalue weighted by Crippen LogP contribution is 2.23. The molecule has 1 aromatic heterocycles. The van der Waals surface area contributed by atoms with Crippen LogP contribution in [0.3, 0.4) is 0 Å². The zero-order chi connectivity index (χ0) is 17.0. The van der Waals surface area contributed by atoms with Gasteiger partial charge in [-0.05, 0) is 19.8 Å². The summed E-state index contributed by atoms with van der Waals surface area (Å²) < 4.78 is 23.4. The van der Waals surface area contributed by atoms with Gasteiger partial charge in [0.2, 0.25) is 5.91 Å². The minimum atomic E-state index is -3.05. The lowest BCUT2D eigenvalue weighted by Gasteiger charge is -2.33. The lowest BCUT2D eigenvalue weighted by atomic mass is 10.1. The van der Waals surface area contributed by atoms with E-state index in [1.54, 1.807) is 4.90 Å². The molecule has 1 N–H and O–H groups in total. The Morgan fingerprint density at radius 2 is 2.30 bits per heavy atom. The number of carbonyl (C=O) groups excluding carboxylic acids is 1. The Morgan fingerprint density at radius 3 is 2.87 bits per heavy atom. The fourth-order valence-electron chi connectivity index (χ4n) is 2.63. The van der Waals surface area contributed by atoms with E-state index in [4.69, 9.17) is 0 Å². The lowest BCUT2D eigenvalue weighted by molar-refractivity contribution is -0.132. The van der Waals surface area contributed by atoms with Crippen LogP contribution >= 0.6 is 11.8 Å². The molecule has 9 heteroatoms. The van der Waals surface area contributed by atoms with Crippen LogP contribution in [0, 0.1) is 0 Å². The first-order valence-electron chi connectivity index (χ1n) is 7.52. The maximum absolute atomic E-state index is 12.6. The minimum absolute atomic E-state index is 0.0239. The standard InChI is InChI=1S/C14H21N3O4S2/c1-3-10(2)17(11-5-7-23(20,21)9-11)13(19)8-22-14-15-6-4-12(18)16-14/h4,6,10-11H,3,5,7-9H2,1-2H3,(H,15,16,18)/t10-,11-/m1/s1. The molecule has 0 saturated carbocycles. The number of aromatic amines is 1. The lowest BCUT2D eigenvalue weighted by Crippen LogP contribution is -2.47. The molecular weight excluding hydrogens is 338 g/mol. The monoisotopic (exact) mass is 359 g/mol. The molecule has 7 nitrogen and oxygen atoms in total. The number of H-pyrrole nitrogens is 1. The van der Waals surface area contributed by atoms with Crippen LogP contribution in [0.1, 0.15) is 26.7 Å². The van der Waals surface area contributed by atoms with Crippen LogP contribution in [-0.2, 0) is 14.6 Å². The third-order valence-electron chi connectivity index (χ3n) is 3.94. The van der Waals surface area contributed by atoms with Crippen LogP contribution in [0.5, 0.6) is 0 Å². The van der Waals surface area contributed by atoms with E-state index in [9.17, 15) is 18.0 Å². The first kappa shape index (κ1) is 18.0. The summed E-state index contributed by atoms with van der Waals surface area (Å²) in [6.07, 6.45) is 2.64. The summed E-state index contributed by atoms with van der Waals surface area (Å²) >= 11 is 1.15. The second-order valence-corrected chi connectivity index (χ2v) is 8.84. The van der Waals surface area contributed by atoms with E-state index in [1.165, 1.54) is 12.3 Å². The molecule has 2 rings (SSSR count). The summed E-state index contributed by atoms with van der Waals surface area (Å²) in [7, 11) is -3.05. The van der Waals surface area contributed by atoms with Gasteiger partial charge in [0.05, 0.1) is 17.3 Å². The van der Waals surface area contributed by atoms with Gasteiger partial charge in [-0.3, -0.25) is 9.59 Å². The molecule has 1 aliphatic heterocycles. The Kier molecular flexibility index (Phi) is 5.85. The van der Waals surface area contributed by atoms with Crippen LogP contribution < -0.4 is 5.56 Å². The Labute approximate surface area is 139 Å². The number of nitrogens with zero attached hydrogens (tertiary/aromatic N) is 2. The van der Waals surface area contributed by atoms with Gasteiger partial charge < -0.3 is 9.88 Å². The number of hydrogen-bond acceptors (Lipinski definition) is 6. The first-order chi connectivity index (χ1) is 10.8. The molecule has 1 saturated heterocycles. The Hall–Kier alpha value is -1.35. The molecule has 0 unspecified atom stereocenters. The van der Waals surface area contributed by atoms with E-state index in [1.807, 2.05) is 13.8 Å². The SMILES string of the molecule is CC[C@@H](C)N(C(=O)CSc1nccc(=O)[nH]1)[C@@H]1CCS(=O)(=O)C1. The molecule has 1 fully saturated rings. The highest BCUT2D eigenvalue weighted by atomic mass is 32.2. The van der Waals surface area contributed by atoms with Crippen molar-refractivity contribution in [2.24, 2.45) is 0 Å². The van der Waals surface area contributed by atoms with Crippen molar-refractivity contribution in [2.45, 2.75) is 43.9 Å². The molecule has 0 bridgehead atoms. The summed E-state index contributed by atoms with van der Waals surface area (Å²) in [5.74, 6) is 0.165. The largest absolute Gasteiger partial charge is 0.335 e. The van der Waals surface area contributed by atoms with Crippen molar-refractivity contribution in [3.05, 3.63) is 22.6 Å². The average molecular weight is 359 g/mol. The van der Waals surface area contributed by atoms with E-state index >= 15 is 0 Å². The molecule has 1 amide bonds. The fourth-order valence-corrected chi connectivity index (χ4v) is 5.06. The van der Waals surface area contributed by atoms with E-state index in [-0.39, 0.29) is 40.8 Å². The Bertz CT molecular complexity index is 717. The quantitative estimate of drug-likeness (QED) is 0.592. The number of carbonyl (C=O) groups is 1. The van der Waals surface area contributed by atoms with Crippen molar-refractivity contribution in [3.63, 3.8) is 0 Å². The van der Waals surface area contributed by atoms with Crippen molar-refractivity contribution in [1.82, 2.24) is 14.9 Å². The predicted molar refractivity (Wildman–Crippen MR) is 89.2 cm³/mol. The number of aromatic nitrogens is 2. The minimum Gasteiger partial charge on any atom is -0.335 e. The van der Waals surface area contributed by atoms with Crippen molar-refractivity contribution in [2.75, 3.05) is 17.3 Å². The van der Waals surface area contributed by atoms with Crippen LogP contribution in [-0.4, -0.2) is 58.5 Å². The molecule has 0 aliphatic carbocycles. The number of hydrogen-bond donors (Lipinski definition) is 1. The third kappa shape index (κ3) is 4.81. The van der Waals surface area contributed by atoms with Crippen LogP contribution in [0.4, 0.5) is 0 Å². The van der Waals surface area contributed by atoms with Crippen LogP contribution in [0.25, 0.3) is 0 Å². The zero-order valence-electron chi connectivity index (χ0n) is 13.2. The predicted octanol–water partition coefficient (Wildman–Crippen LogP) is 0.676. The van der Waals surface area contributed by atoms with E-state index in [2.05, 4.69) is 9.97 Å². The Balaban J connectivity index is 2.06. The molecule has 1 aliphatic rings. The fraction of sp³-hybridized carbons (Fsp3) is 0.643. The zero-order valence-corrected chi connectivity index (χ0v) is 14.8. The molecule has 23 heavy (non-hydrogen) atoms. The van der Waals surface area contributed by atoms with E-state index in [0.717, 1.165) is 18.2 Å². The maximum atomic E-state index is 12.6. The molecule has 128 valence electrons. The van der Waals surface area contributed by atoms with E-state index < -0.39 is 9.84 Å². The summed E-state index contributed by atoms with van der Waals surface area (Å²) in [5, 5.41) is 0.383. The molecule has 0 aromatic carbocycles. The first-order valence-corrected chi connectivity index (χ1v) is 10.3. The average Bonchev–Trinajstić information content (AvgIpc) is 2.85. The summed E-state index contributed by atoms with van der Waals surface area (Å²) in [4.78, 5) is 32.1. The molecule has 1 aromatic rings. The molecule has 0 spiro atoms. The molecule has 2 atom stereocenters. The number of sulfone groups is 1. The van der Waals surface area contributed by atoms with Gasteiger partial charge in [-0.15, -0.1) is 0 Å². The van der Waals surface area contributed by atoms with Gasteiger partial charge in [-0.25, -0.2) is 13.4 Å².